The number of halogens is 1. The molecule has 0 saturated carbocycles. The van der Waals surface area contributed by atoms with Gasteiger partial charge in [-0.2, -0.15) is 11.3 Å². The second kappa shape index (κ2) is 5.10. The van der Waals surface area contributed by atoms with Gasteiger partial charge in [-0.1, -0.05) is 6.07 Å². The summed E-state index contributed by atoms with van der Waals surface area (Å²) in [6.45, 7) is 0.661. The number of benzene rings is 1. The van der Waals surface area contributed by atoms with Crippen molar-refractivity contribution in [3.8, 4) is 0 Å². The third kappa shape index (κ3) is 2.53. The fourth-order valence-electron chi connectivity index (χ4n) is 1.72. The largest absolute Gasteiger partial charge is 0.370 e. The van der Waals surface area contributed by atoms with Gasteiger partial charge < -0.3 is 4.90 Å². The van der Waals surface area contributed by atoms with E-state index in [1.807, 2.05) is 28.8 Å². The number of thiophene rings is 1. The average molecular weight is 249 g/mol. The van der Waals surface area contributed by atoms with Crippen molar-refractivity contribution in [1.82, 2.24) is 0 Å². The second-order valence-corrected chi connectivity index (χ2v) is 4.56. The van der Waals surface area contributed by atoms with Crippen molar-refractivity contribution in [3.05, 3.63) is 52.0 Å². The van der Waals surface area contributed by atoms with E-state index in [0.29, 0.717) is 18.5 Å². The highest BCUT2D eigenvalue weighted by atomic mass is 32.1. The summed E-state index contributed by atoms with van der Waals surface area (Å²) in [4.78, 5) is 12.8. The third-order valence-corrected chi connectivity index (χ3v) is 3.29. The Bertz CT molecular complexity index is 510. The van der Waals surface area contributed by atoms with Crippen LogP contribution in [0.15, 0.2) is 35.0 Å². The summed E-state index contributed by atoms with van der Waals surface area (Å²) >= 11 is 1.62. The molecule has 0 aliphatic carbocycles. The summed E-state index contributed by atoms with van der Waals surface area (Å²) in [5.41, 5.74) is 1.88. The second-order valence-electron chi connectivity index (χ2n) is 3.78. The van der Waals surface area contributed by atoms with Gasteiger partial charge in [0.15, 0.2) is 6.29 Å². The van der Waals surface area contributed by atoms with Crippen LogP contribution < -0.4 is 4.90 Å². The van der Waals surface area contributed by atoms with Crippen LogP contribution in [0.4, 0.5) is 10.1 Å². The van der Waals surface area contributed by atoms with Crippen molar-refractivity contribution in [1.29, 1.82) is 0 Å². The quantitative estimate of drug-likeness (QED) is 0.775. The monoisotopic (exact) mass is 249 g/mol. The van der Waals surface area contributed by atoms with Crippen molar-refractivity contribution in [3.63, 3.8) is 0 Å². The molecule has 0 bridgehead atoms. The molecule has 17 heavy (non-hydrogen) atoms. The maximum atomic E-state index is 13.4. The minimum absolute atomic E-state index is 0.116. The van der Waals surface area contributed by atoms with E-state index in [0.717, 1.165) is 5.56 Å². The molecular formula is C13H12FNOS. The number of hydrogen-bond acceptors (Lipinski definition) is 3. The zero-order valence-electron chi connectivity index (χ0n) is 9.39. The Balaban J connectivity index is 2.27. The number of anilines is 1. The number of nitrogens with zero attached hydrogens (tertiary/aromatic N) is 1. The number of carbonyl (C=O) groups excluding carboxylic acids is 1. The molecule has 0 fully saturated rings. The molecule has 0 radical (unpaired) electrons. The minimum atomic E-state index is -0.477. The molecular weight excluding hydrogens is 237 g/mol. The van der Waals surface area contributed by atoms with Crippen molar-refractivity contribution in [2.24, 2.45) is 0 Å². The van der Waals surface area contributed by atoms with Gasteiger partial charge in [-0.05, 0) is 34.5 Å². The Morgan fingerprint density at radius 3 is 2.88 bits per heavy atom. The van der Waals surface area contributed by atoms with Crippen molar-refractivity contribution < 1.29 is 9.18 Å². The first-order valence-electron chi connectivity index (χ1n) is 5.18. The lowest BCUT2D eigenvalue weighted by atomic mass is 10.1. The normalized spacial score (nSPS) is 10.2. The number of carbonyl (C=O) groups is 1. The zero-order valence-corrected chi connectivity index (χ0v) is 10.2. The van der Waals surface area contributed by atoms with Crippen LogP contribution in [0, 0.1) is 5.82 Å². The molecule has 1 heterocycles. The van der Waals surface area contributed by atoms with Crippen molar-refractivity contribution >= 4 is 23.3 Å². The van der Waals surface area contributed by atoms with Gasteiger partial charge >= 0.3 is 0 Å². The van der Waals surface area contributed by atoms with Crippen LogP contribution in [0.3, 0.4) is 0 Å². The highest BCUT2D eigenvalue weighted by molar-refractivity contribution is 7.07. The molecule has 0 N–H and O–H groups in total. The molecule has 1 aromatic carbocycles. The Morgan fingerprint density at radius 1 is 1.41 bits per heavy atom. The van der Waals surface area contributed by atoms with Crippen LogP contribution in [0.25, 0.3) is 0 Å². The van der Waals surface area contributed by atoms with Crippen LogP contribution in [0.1, 0.15) is 15.9 Å². The van der Waals surface area contributed by atoms with Gasteiger partial charge in [0.1, 0.15) is 5.82 Å². The first-order valence-corrected chi connectivity index (χ1v) is 6.12. The van der Waals surface area contributed by atoms with Crippen LogP contribution in [0.5, 0.6) is 0 Å². The lowest BCUT2D eigenvalue weighted by Gasteiger charge is -2.20. The SMILES string of the molecule is CN(Cc1ccsc1)c1cccc(F)c1C=O. The predicted molar refractivity (Wildman–Crippen MR) is 68.2 cm³/mol. The van der Waals surface area contributed by atoms with Gasteiger partial charge in [0.25, 0.3) is 0 Å². The molecule has 0 aliphatic heterocycles. The predicted octanol–water partition coefficient (Wildman–Crippen LogP) is 3.34. The molecule has 1 aromatic heterocycles. The number of rotatable bonds is 4. The Labute approximate surface area is 103 Å². The molecule has 0 spiro atoms. The van der Waals surface area contributed by atoms with Gasteiger partial charge in [0.2, 0.25) is 0 Å². The van der Waals surface area contributed by atoms with Gasteiger partial charge in [-0.3, -0.25) is 4.79 Å². The molecule has 2 rings (SSSR count). The first-order chi connectivity index (χ1) is 8.22. The fourth-order valence-corrected chi connectivity index (χ4v) is 2.38. The topological polar surface area (TPSA) is 20.3 Å². The highest BCUT2D eigenvalue weighted by Gasteiger charge is 2.11. The maximum absolute atomic E-state index is 13.4. The minimum Gasteiger partial charge on any atom is -0.370 e. The van der Waals surface area contributed by atoms with E-state index in [-0.39, 0.29) is 5.56 Å². The van der Waals surface area contributed by atoms with Crippen molar-refractivity contribution in [2.45, 2.75) is 6.54 Å². The summed E-state index contributed by atoms with van der Waals surface area (Å²) < 4.78 is 13.4. The summed E-state index contributed by atoms with van der Waals surface area (Å²) in [7, 11) is 1.85. The van der Waals surface area contributed by atoms with Crippen molar-refractivity contribution in [2.75, 3.05) is 11.9 Å². The first kappa shape index (κ1) is 11.8. The molecule has 0 atom stereocenters. The molecule has 88 valence electrons. The molecule has 0 saturated heterocycles. The van der Waals surface area contributed by atoms with Gasteiger partial charge in [-0.25, -0.2) is 4.39 Å². The zero-order chi connectivity index (χ0) is 12.3. The number of hydrogen-bond donors (Lipinski definition) is 0. The molecule has 2 aromatic rings. The van der Waals surface area contributed by atoms with E-state index < -0.39 is 5.82 Å². The Kier molecular flexibility index (Phi) is 3.54. The Morgan fingerprint density at radius 2 is 2.24 bits per heavy atom. The smallest absolute Gasteiger partial charge is 0.155 e. The summed E-state index contributed by atoms with van der Waals surface area (Å²) in [5.74, 6) is -0.477. The van der Waals surface area contributed by atoms with E-state index in [1.165, 1.54) is 6.07 Å². The standard InChI is InChI=1S/C13H12FNOS/c1-15(7-10-5-6-17-9-10)13-4-2-3-12(14)11(13)8-16/h2-6,8-9H,7H2,1H3. The van der Waals surface area contributed by atoms with Crippen LogP contribution in [-0.2, 0) is 6.54 Å². The highest BCUT2D eigenvalue weighted by Crippen LogP contribution is 2.22. The fraction of sp³-hybridized carbons (Fsp3) is 0.154. The molecule has 4 heteroatoms. The average Bonchev–Trinajstić information content (AvgIpc) is 2.81. The van der Waals surface area contributed by atoms with Crippen LogP contribution >= 0.6 is 11.3 Å². The van der Waals surface area contributed by atoms with Gasteiger partial charge in [-0.15, -0.1) is 0 Å². The molecule has 0 unspecified atom stereocenters. The van der Waals surface area contributed by atoms with Gasteiger partial charge in [0, 0.05) is 13.6 Å². The summed E-state index contributed by atoms with van der Waals surface area (Å²) in [6.07, 6.45) is 0.564. The molecule has 0 amide bonds. The van der Waals surface area contributed by atoms with Gasteiger partial charge in [0.05, 0.1) is 11.3 Å². The number of aldehydes is 1. The summed E-state index contributed by atoms with van der Waals surface area (Å²) in [6, 6.07) is 6.67. The van der Waals surface area contributed by atoms with E-state index in [1.54, 1.807) is 23.5 Å². The van der Waals surface area contributed by atoms with Crippen LogP contribution in [-0.4, -0.2) is 13.3 Å². The molecule has 0 aliphatic rings. The van der Waals surface area contributed by atoms with Crippen LogP contribution in [0.2, 0.25) is 0 Å². The third-order valence-electron chi connectivity index (χ3n) is 2.56. The lowest BCUT2D eigenvalue weighted by Crippen LogP contribution is -2.18. The maximum Gasteiger partial charge on any atom is 0.155 e. The lowest BCUT2D eigenvalue weighted by molar-refractivity contribution is 0.112. The van der Waals surface area contributed by atoms with E-state index in [2.05, 4.69) is 0 Å². The van der Waals surface area contributed by atoms with E-state index >= 15 is 0 Å². The Hall–Kier alpha value is -1.68. The summed E-state index contributed by atoms with van der Waals surface area (Å²) in [5, 5.41) is 4.03. The van der Waals surface area contributed by atoms with E-state index in [4.69, 9.17) is 0 Å². The van der Waals surface area contributed by atoms with E-state index in [9.17, 15) is 9.18 Å². The molecule has 2 nitrogen and oxygen atoms in total.